The van der Waals surface area contributed by atoms with Crippen LogP contribution in [-0.4, -0.2) is 33.0 Å². The molecule has 29 heavy (non-hydrogen) atoms. The summed E-state index contributed by atoms with van der Waals surface area (Å²) in [7, 11) is 0. The number of aromatic nitrogens is 2. The molecule has 0 N–H and O–H groups in total. The summed E-state index contributed by atoms with van der Waals surface area (Å²) in [6.07, 6.45) is -0.233. The molecule has 3 rings (SSSR count). The minimum atomic E-state index is -0.636. The zero-order valence-corrected chi connectivity index (χ0v) is 17.6. The van der Waals surface area contributed by atoms with E-state index >= 15 is 0 Å². The molecular weight excluding hydrogens is 388 g/mol. The van der Waals surface area contributed by atoms with E-state index in [4.69, 9.17) is 9.47 Å². The maximum absolute atomic E-state index is 12.9. The fourth-order valence-corrected chi connectivity index (χ4v) is 3.00. The largest absolute Gasteiger partial charge is 0.461 e. The Bertz CT molecular complexity index is 1020. The number of ether oxygens (including phenoxy) is 2. The molecule has 0 saturated heterocycles. The Hall–Kier alpha value is -2.80. The lowest BCUT2D eigenvalue weighted by Crippen LogP contribution is -2.27. The fraction of sp³-hybridized carbons (Fsp3) is 0.318. The van der Waals surface area contributed by atoms with Crippen LogP contribution in [-0.2, 0) is 20.9 Å². The highest BCUT2D eigenvalue weighted by atomic mass is 32.1. The minimum Gasteiger partial charge on any atom is -0.461 e. The van der Waals surface area contributed by atoms with Crippen LogP contribution in [0.4, 0.5) is 4.79 Å². The van der Waals surface area contributed by atoms with Crippen LogP contribution in [0.1, 0.15) is 32.8 Å². The molecule has 0 radical (unpaired) electrons. The Kier molecular flexibility index (Phi) is 6.27. The molecule has 3 aromatic rings. The van der Waals surface area contributed by atoms with E-state index in [2.05, 4.69) is 17.6 Å². The molecule has 0 aliphatic carbocycles. The van der Waals surface area contributed by atoms with Gasteiger partial charge in [-0.15, -0.1) is 0 Å². The van der Waals surface area contributed by atoms with Crippen molar-refractivity contribution in [3.05, 3.63) is 54.1 Å². The van der Waals surface area contributed by atoms with Gasteiger partial charge in [-0.05, 0) is 38.5 Å². The summed E-state index contributed by atoms with van der Waals surface area (Å²) in [5, 5.41) is 0. The second kappa shape index (κ2) is 8.69. The third-order valence-corrected chi connectivity index (χ3v) is 4.27. The Morgan fingerprint density at radius 3 is 2.48 bits per heavy atom. The monoisotopic (exact) mass is 412 g/mol. The summed E-state index contributed by atoms with van der Waals surface area (Å²) in [6.45, 7) is 5.61. The van der Waals surface area contributed by atoms with Crippen LogP contribution in [0.5, 0.6) is 0 Å². The average molecular weight is 413 g/mol. The van der Waals surface area contributed by atoms with E-state index in [0.717, 1.165) is 11.1 Å². The number of carbonyl (C=O) groups excluding carboxylic acids is 2. The lowest BCUT2D eigenvalue weighted by Gasteiger charge is -2.20. The second-order valence-electron chi connectivity index (χ2n) is 7.57. The lowest BCUT2D eigenvalue weighted by molar-refractivity contribution is -0.144. The van der Waals surface area contributed by atoms with Crippen LogP contribution in [0, 0.1) is 0 Å². The maximum Gasteiger partial charge on any atom is 0.420 e. The topological polar surface area (TPSA) is 70.4 Å². The highest BCUT2D eigenvalue weighted by Gasteiger charge is 2.24. The van der Waals surface area contributed by atoms with Gasteiger partial charge in [-0.3, -0.25) is 4.79 Å². The van der Waals surface area contributed by atoms with Gasteiger partial charge in [0.2, 0.25) is 0 Å². The molecule has 0 aliphatic rings. The van der Waals surface area contributed by atoms with Gasteiger partial charge in [0.1, 0.15) is 12.2 Å². The minimum absolute atomic E-state index is 0.141. The molecule has 2 aromatic carbocycles. The number of fused-ring (bicyclic) bond motifs is 1. The molecule has 0 fully saturated rings. The summed E-state index contributed by atoms with van der Waals surface area (Å²) < 4.78 is 12.3. The molecule has 6 nitrogen and oxygen atoms in total. The number of benzene rings is 2. The molecule has 0 aliphatic heterocycles. The first-order chi connectivity index (χ1) is 13.8. The lowest BCUT2D eigenvalue weighted by atomic mass is 10.2. The summed E-state index contributed by atoms with van der Waals surface area (Å²) in [5.41, 5.74) is 2.21. The standard InChI is InChI=1S/C22H24N2O4S/c1-22(2,3)28-21(26)24-18-10-9-15(14-27-19(25)11-12-29)13-17(18)23-20(24)16-7-5-4-6-8-16/h4-10,13,29H,11-12,14H2,1-3H3. The van der Waals surface area contributed by atoms with Crippen LogP contribution in [0.15, 0.2) is 48.5 Å². The predicted octanol–water partition coefficient (Wildman–Crippen LogP) is 4.85. The van der Waals surface area contributed by atoms with E-state index in [9.17, 15) is 9.59 Å². The smallest absolute Gasteiger partial charge is 0.420 e. The maximum atomic E-state index is 12.9. The van der Waals surface area contributed by atoms with Gasteiger partial charge in [-0.25, -0.2) is 14.3 Å². The molecule has 0 amide bonds. The molecule has 0 spiro atoms. The quantitative estimate of drug-likeness (QED) is 0.479. The van der Waals surface area contributed by atoms with Gasteiger partial charge < -0.3 is 9.47 Å². The SMILES string of the molecule is CC(C)(C)OC(=O)n1c(-c2ccccc2)nc2cc(COC(=O)CCS)ccc21. The number of hydrogen-bond acceptors (Lipinski definition) is 6. The van der Waals surface area contributed by atoms with Crippen LogP contribution in [0.25, 0.3) is 22.4 Å². The number of carbonyl (C=O) groups is 2. The number of esters is 1. The average Bonchev–Trinajstić information content (AvgIpc) is 3.05. The summed E-state index contributed by atoms with van der Waals surface area (Å²) in [4.78, 5) is 29.2. The third kappa shape index (κ3) is 5.17. The molecule has 7 heteroatoms. The summed E-state index contributed by atoms with van der Waals surface area (Å²) in [5.74, 6) is 0.641. The molecular formula is C22H24N2O4S. The zero-order chi connectivity index (χ0) is 21.0. The van der Waals surface area contributed by atoms with Crippen molar-refractivity contribution in [1.82, 2.24) is 9.55 Å². The van der Waals surface area contributed by atoms with Crippen LogP contribution in [0.3, 0.4) is 0 Å². The van der Waals surface area contributed by atoms with E-state index in [1.807, 2.05) is 63.2 Å². The highest BCUT2D eigenvalue weighted by Crippen LogP contribution is 2.27. The Morgan fingerprint density at radius 2 is 1.83 bits per heavy atom. The van der Waals surface area contributed by atoms with Gasteiger partial charge in [-0.1, -0.05) is 36.4 Å². The van der Waals surface area contributed by atoms with Crippen molar-refractivity contribution in [2.75, 3.05) is 5.75 Å². The zero-order valence-electron chi connectivity index (χ0n) is 16.7. The van der Waals surface area contributed by atoms with Crippen LogP contribution < -0.4 is 0 Å². The number of thiol groups is 1. The number of imidazole rings is 1. The Morgan fingerprint density at radius 1 is 1.10 bits per heavy atom. The first-order valence-corrected chi connectivity index (χ1v) is 9.98. The van der Waals surface area contributed by atoms with Gasteiger partial charge in [-0.2, -0.15) is 12.6 Å². The number of nitrogens with zero attached hydrogens (tertiary/aromatic N) is 2. The molecule has 1 aromatic heterocycles. The molecule has 152 valence electrons. The molecule has 1 heterocycles. The molecule has 0 atom stereocenters. The van der Waals surface area contributed by atoms with Crippen molar-refractivity contribution in [2.24, 2.45) is 0 Å². The second-order valence-corrected chi connectivity index (χ2v) is 8.02. The van der Waals surface area contributed by atoms with Crippen molar-refractivity contribution in [3.63, 3.8) is 0 Å². The molecule has 0 saturated carbocycles. The highest BCUT2D eigenvalue weighted by molar-refractivity contribution is 7.80. The van der Waals surface area contributed by atoms with E-state index in [1.165, 1.54) is 4.57 Å². The molecule has 0 bridgehead atoms. The Balaban J connectivity index is 2.02. The summed E-state index contributed by atoms with van der Waals surface area (Å²) >= 11 is 4.03. The van der Waals surface area contributed by atoms with Crippen molar-refractivity contribution < 1.29 is 19.1 Å². The van der Waals surface area contributed by atoms with Crippen molar-refractivity contribution in [2.45, 2.75) is 39.4 Å². The van der Waals surface area contributed by atoms with Gasteiger partial charge in [0.05, 0.1) is 17.5 Å². The van der Waals surface area contributed by atoms with Gasteiger partial charge in [0.25, 0.3) is 0 Å². The number of rotatable bonds is 5. The van der Waals surface area contributed by atoms with Crippen molar-refractivity contribution in [1.29, 1.82) is 0 Å². The van der Waals surface area contributed by atoms with Gasteiger partial charge in [0.15, 0.2) is 5.82 Å². The van der Waals surface area contributed by atoms with Crippen molar-refractivity contribution in [3.8, 4) is 11.4 Å². The normalized spacial score (nSPS) is 11.4. The Labute approximate surface area is 175 Å². The number of hydrogen-bond donors (Lipinski definition) is 1. The van der Waals surface area contributed by atoms with Gasteiger partial charge >= 0.3 is 12.1 Å². The fourth-order valence-electron chi connectivity index (χ4n) is 2.82. The third-order valence-electron chi connectivity index (χ3n) is 4.04. The molecule has 0 unspecified atom stereocenters. The summed E-state index contributed by atoms with van der Waals surface area (Å²) in [6, 6.07) is 14.9. The van der Waals surface area contributed by atoms with E-state index < -0.39 is 11.7 Å². The van der Waals surface area contributed by atoms with E-state index in [-0.39, 0.29) is 19.0 Å². The predicted molar refractivity (Wildman–Crippen MR) is 115 cm³/mol. The first kappa shape index (κ1) is 20.9. The first-order valence-electron chi connectivity index (χ1n) is 9.35. The van der Waals surface area contributed by atoms with E-state index in [0.29, 0.717) is 22.6 Å². The van der Waals surface area contributed by atoms with Gasteiger partial charge in [0, 0.05) is 11.3 Å². The van der Waals surface area contributed by atoms with E-state index in [1.54, 1.807) is 6.07 Å². The van der Waals surface area contributed by atoms with Crippen LogP contribution in [0.2, 0.25) is 0 Å². The van der Waals surface area contributed by atoms with Crippen molar-refractivity contribution >= 4 is 35.7 Å². The van der Waals surface area contributed by atoms with Crippen LogP contribution >= 0.6 is 12.6 Å².